The van der Waals surface area contributed by atoms with E-state index in [-0.39, 0.29) is 6.42 Å². The van der Waals surface area contributed by atoms with Crippen LogP contribution >= 0.6 is 0 Å². The molecule has 1 unspecified atom stereocenters. The molecule has 0 bridgehead atoms. The summed E-state index contributed by atoms with van der Waals surface area (Å²) in [7, 11) is 1.46. The summed E-state index contributed by atoms with van der Waals surface area (Å²) in [6.45, 7) is 0. The summed E-state index contributed by atoms with van der Waals surface area (Å²) in [5.74, 6) is 3.67. The van der Waals surface area contributed by atoms with E-state index in [0.717, 1.165) is 12.1 Å². The number of hydrazine groups is 1. The number of hydrogen-bond acceptors (Lipinski definition) is 3. The van der Waals surface area contributed by atoms with Gasteiger partial charge >= 0.3 is 0 Å². The molecule has 0 aliphatic rings. The van der Waals surface area contributed by atoms with Crippen LogP contribution in [-0.2, 0) is 6.42 Å². The van der Waals surface area contributed by atoms with Gasteiger partial charge in [-0.3, -0.25) is 11.3 Å². The van der Waals surface area contributed by atoms with Crippen LogP contribution in [0.3, 0.4) is 0 Å². The van der Waals surface area contributed by atoms with Crippen molar-refractivity contribution in [1.82, 2.24) is 5.43 Å². The van der Waals surface area contributed by atoms with Crippen LogP contribution in [0.2, 0.25) is 0 Å². The van der Waals surface area contributed by atoms with Gasteiger partial charge in [0.15, 0.2) is 11.6 Å². The second kappa shape index (κ2) is 6.60. The summed E-state index contributed by atoms with van der Waals surface area (Å²) >= 11 is 0. The predicted octanol–water partition coefficient (Wildman–Crippen LogP) is 2.86. The maximum Gasteiger partial charge on any atom is 0.159 e. The molecule has 0 fully saturated rings. The van der Waals surface area contributed by atoms with Crippen LogP contribution in [0.25, 0.3) is 0 Å². The quantitative estimate of drug-likeness (QED) is 0.659. The van der Waals surface area contributed by atoms with Gasteiger partial charge < -0.3 is 4.74 Å². The molecule has 0 amide bonds. The number of halogens is 3. The van der Waals surface area contributed by atoms with Gasteiger partial charge in [0.05, 0.1) is 13.2 Å². The van der Waals surface area contributed by atoms with Crippen molar-refractivity contribution in [3.63, 3.8) is 0 Å². The highest BCUT2D eigenvalue weighted by atomic mass is 19.2. The third kappa shape index (κ3) is 3.53. The molecule has 0 aromatic heterocycles. The molecule has 0 heterocycles. The molecule has 6 heteroatoms. The Morgan fingerprint density at radius 3 is 2.48 bits per heavy atom. The summed E-state index contributed by atoms with van der Waals surface area (Å²) in [6.07, 6.45) is 0.257. The Balaban J connectivity index is 2.31. The average Bonchev–Trinajstić information content (AvgIpc) is 2.48. The minimum atomic E-state index is -0.936. The van der Waals surface area contributed by atoms with E-state index in [9.17, 15) is 13.2 Å². The summed E-state index contributed by atoms with van der Waals surface area (Å²) in [4.78, 5) is 0. The molecule has 0 aliphatic heterocycles. The highest BCUT2D eigenvalue weighted by molar-refractivity contribution is 5.37. The molecule has 1 atom stereocenters. The van der Waals surface area contributed by atoms with E-state index in [0.29, 0.717) is 16.9 Å². The highest BCUT2D eigenvalue weighted by Gasteiger charge is 2.17. The lowest BCUT2D eigenvalue weighted by Crippen LogP contribution is -2.30. The molecule has 3 N–H and O–H groups in total. The van der Waals surface area contributed by atoms with Gasteiger partial charge in [0.2, 0.25) is 0 Å². The van der Waals surface area contributed by atoms with Crippen molar-refractivity contribution in [3.05, 3.63) is 65.0 Å². The minimum absolute atomic E-state index is 0.257. The maximum atomic E-state index is 13.4. The lowest BCUT2D eigenvalue weighted by Gasteiger charge is -2.19. The van der Waals surface area contributed by atoms with E-state index in [4.69, 9.17) is 10.6 Å². The van der Waals surface area contributed by atoms with Crippen LogP contribution in [0.5, 0.6) is 5.75 Å². The predicted molar refractivity (Wildman–Crippen MR) is 73.1 cm³/mol. The topological polar surface area (TPSA) is 47.3 Å². The summed E-state index contributed by atoms with van der Waals surface area (Å²) in [5.41, 5.74) is 3.58. The van der Waals surface area contributed by atoms with E-state index in [2.05, 4.69) is 5.43 Å². The average molecular weight is 296 g/mol. The molecular formula is C15H15F3N2O. The van der Waals surface area contributed by atoms with Crippen molar-refractivity contribution in [2.75, 3.05) is 7.11 Å². The Morgan fingerprint density at radius 1 is 1.10 bits per heavy atom. The normalized spacial score (nSPS) is 12.2. The third-order valence-electron chi connectivity index (χ3n) is 3.19. The van der Waals surface area contributed by atoms with Crippen molar-refractivity contribution in [2.24, 2.45) is 5.84 Å². The summed E-state index contributed by atoms with van der Waals surface area (Å²) in [6, 6.07) is 7.14. The Kier molecular flexibility index (Phi) is 4.82. The van der Waals surface area contributed by atoms with Crippen molar-refractivity contribution >= 4 is 0 Å². The number of rotatable bonds is 5. The van der Waals surface area contributed by atoms with E-state index in [1.54, 1.807) is 0 Å². The summed E-state index contributed by atoms with van der Waals surface area (Å²) in [5, 5.41) is 0. The van der Waals surface area contributed by atoms with Crippen LogP contribution in [0.1, 0.15) is 17.2 Å². The van der Waals surface area contributed by atoms with Gasteiger partial charge in [-0.1, -0.05) is 6.07 Å². The fourth-order valence-corrected chi connectivity index (χ4v) is 2.14. The molecule has 0 spiro atoms. The van der Waals surface area contributed by atoms with Crippen LogP contribution in [0.4, 0.5) is 13.2 Å². The first kappa shape index (κ1) is 15.3. The molecule has 0 saturated carbocycles. The lowest BCUT2D eigenvalue weighted by atomic mass is 9.98. The second-order valence-corrected chi connectivity index (χ2v) is 4.56. The second-order valence-electron chi connectivity index (χ2n) is 4.56. The van der Waals surface area contributed by atoms with Gasteiger partial charge in [0, 0.05) is 5.56 Å². The minimum Gasteiger partial charge on any atom is -0.496 e. The van der Waals surface area contributed by atoms with Gasteiger partial charge in [-0.25, -0.2) is 13.2 Å². The number of nitrogens with two attached hydrogens (primary N) is 1. The van der Waals surface area contributed by atoms with Gasteiger partial charge in [0.1, 0.15) is 11.6 Å². The molecule has 112 valence electrons. The van der Waals surface area contributed by atoms with Crippen LogP contribution in [0, 0.1) is 17.5 Å². The zero-order valence-corrected chi connectivity index (χ0v) is 11.4. The fraction of sp³-hybridized carbons (Fsp3) is 0.200. The van der Waals surface area contributed by atoms with Crippen molar-refractivity contribution < 1.29 is 17.9 Å². The molecule has 2 rings (SSSR count). The van der Waals surface area contributed by atoms with Crippen molar-refractivity contribution in [1.29, 1.82) is 0 Å². The maximum absolute atomic E-state index is 13.4. The molecular weight excluding hydrogens is 281 g/mol. The Hall–Kier alpha value is -2.05. The van der Waals surface area contributed by atoms with Gasteiger partial charge in [-0.05, 0) is 42.3 Å². The van der Waals surface area contributed by atoms with Crippen molar-refractivity contribution in [3.8, 4) is 5.75 Å². The van der Waals surface area contributed by atoms with Gasteiger partial charge in [-0.15, -0.1) is 0 Å². The number of ether oxygens (including phenoxy) is 1. The number of methoxy groups -OCH3 is 1. The molecule has 2 aromatic carbocycles. The smallest absolute Gasteiger partial charge is 0.159 e. The zero-order valence-electron chi connectivity index (χ0n) is 11.4. The molecule has 3 nitrogen and oxygen atoms in total. The summed E-state index contributed by atoms with van der Waals surface area (Å²) < 4.78 is 44.7. The molecule has 0 radical (unpaired) electrons. The SMILES string of the molecule is COc1ccc(F)cc1C(Cc1ccc(F)c(F)c1)NN. The third-order valence-corrected chi connectivity index (χ3v) is 3.19. The van der Waals surface area contributed by atoms with Crippen molar-refractivity contribution in [2.45, 2.75) is 12.5 Å². The van der Waals surface area contributed by atoms with Crippen LogP contribution in [-0.4, -0.2) is 7.11 Å². The number of nitrogens with one attached hydrogen (secondary N) is 1. The molecule has 21 heavy (non-hydrogen) atoms. The molecule has 0 aliphatic carbocycles. The van der Waals surface area contributed by atoms with E-state index in [1.165, 1.54) is 31.4 Å². The standard InChI is InChI=1S/C15H15F3N2O/c1-21-15-5-3-10(16)8-11(15)14(20-19)7-9-2-4-12(17)13(18)6-9/h2-6,8,14,20H,7,19H2,1H3. The zero-order chi connectivity index (χ0) is 15.4. The first-order valence-electron chi connectivity index (χ1n) is 6.28. The number of hydrogen-bond donors (Lipinski definition) is 2. The largest absolute Gasteiger partial charge is 0.496 e. The van der Waals surface area contributed by atoms with E-state index in [1.807, 2.05) is 0 Å². The molecule has 0 saturated heterocycles. The lowest BCUT2D eigenvalue weighted by molar-refractivity contribution is 0.397. The van der Waals surface area contributed by atoms with Gasteiger partial charge in [-0.2, -0.15) is 0 Å². The van der Waals surface area contributed by atoms with E-state index < -0.39 is 23.5 Å². The first-order chi connectivity index (χ1) is 10.0. The highest BCUT2D eigenvalue weighted by Crippen LogP contribution is 2.28. The molecule has 2 aromatic rings. The van der Waals surface area contributed by atoms with Crippen LogP contribution < -0.4 is 16.0 Å². The fourth-order valence-electron chi connectivity index (χ4n) is 2.14. The number of benzene rings is 2. The Labute approximate surface area is 120 Å². The van der Waals surface area contributed by atoms with Gasteiger partial charge in [0.25, 0.3) is 0 Å². The Bertz CT molecular complexity index is 634. The van der Waals surface area contributed by atoms with E-state index >= 15 is 0 Å². The monoisotopic (exact) mass is 296 g/mol. The Morgan fingerprint density at radius 2 is 1.86 bits per heavy atom. The van der Waals surface area contributed by atoms with Crippen LogP contribution in [0.15, 0.2) is 36.4 Å². The first-order valence-corrected chi connectivity index (χ1v) is 6.28.